The second-order valence-corrected chi connectivity index (χ2v) is 7.05. The van der Waals surface area contributed by atoms with Gasteiger partial charge in [0.15, 0.2) is 11.6 Å². The molecule has 0 bridgehead atoms. The van der Waals surface area contributed by atoms with E-state index in [0.29, 0.717) is 5.56 Å². The highest BCUT2D eigenvalue weighted by atomic mass is 19.4. The summed E-state index contributed by atoms with van der Waals surface area (Å²) in [5, 5.41) is 0. The van der Waals surface area contributed by atoms with Gasteiger partial charge in [0.2, 0.25) is 0 Å². The number of carbonyl (C=O) groups is 1. The molecule has 14 heteroatoms. The summed E-state index contributed by atoms with van der Waals surface area (Å²) in [5.41, 5.74) is -0.792. The zero-order chi connectivity index (χ0) is 26.8. The molecule has 0 spiro atoms. The maximum absolute atomic E-state index is 14.0. The van der Waals surface area contributed by atoms with Crippen LogP contribution in [0.5, 0.6) is 0 Å². The number of hydrogen-bond acceptors (Lipinski definition) is 5. The number of alkyl halides is 9. The van der Waals surface area contributed by atoms with Gasteiger partial charge < -0.3 is 4.74 Å². The summed E-state index contributed by atoms with van der Waals surface area (Å²) < 4.78 is 123. The normalized spacial score (nSPS) is 13.0. The van der Waals surface area contributed by atoms with Crippen LogP contribution < -0.4 is 0 Å². The van der Waals surface area contributed by atoms with Gasteiger partial charge >= 0.3 is 24.5 Å². The van der Waals surface area contributed by atoms with Crippen molar-refractivity contribution in [1.29, 1.82) is 0 Å². The number of carbonyl (C=O) groups excluding carboxylic acids is 1. The van der Waals surface area contributed by atoms with Crippen molar-refractivity contribution in [2.75, 3.05) is 0 Å². The average Bonchev–Trinajstić information content (AvgIpc) is 2.82. The fourth-order valence-corrected chi connectivity index (χ4v) is 2.71. The molecule has 0 N–H and O–H groups in total. The number of rotatable bonds is 9. The molecule has 3 aromatic rings. The minimum atomic E-state index is -6.71. The topological polar surface area (TPSA) is 61.3 Å². The van der Waals surface area contributed by atoms with Crippen molar-refractivity contribution >= 4 is 5.78 Å². The second kappa shape index (κ2) is 9.85. The highest BCUT2D eigenvalue weighted by molar-refractivity contribution is 6.09. The summed E-state index contributed by atoms with van der Waals surface area (Å²) in [6, 6.07) is 14.9. The average molecular weight is 524 g/mol. The molecule has 0 saturated heterocycles. The van der Waals surface area contributed by atoms with E-state index in [2.05, 4.69) is 19.4 Å². The third kappa shape index (κ3) is 5.82. The van der Waals surface area contributed by atoms with Gasteiger partial charge in [0.1, 0.15) is 0 Å². The molecule has 0 atom stereocenters. The Hall–Kier alpha value is -3.52. The van der Waals surface area contributed by atoms with E-state index in [0.717, 1.165) is 6.20 Å². The smallest absolute Gasteiger partial charge is 0.307 e. The molecule has 5 nitrogen and oxygen atoms in total. The maximum atomic E-state index is 14.0. The number of ether oxygens (including phenoxy) is 2. The van der Waals surface area contributed by atoms with E-state index in [1.807, 2.05) is 0 Å². The molecule has 3 rings (SSSR count). The van der Waals surface area contributed by atoms with E-state index in [9.17, 15) is 44.3 Å². The van der Waals surface area contributed by atoms with Crippen LogP contribution in [0.25, 0.3) is 11.4 Å². The summed E-state index contributed by atoms with van der Waals surface area (Å²) in [5.74, 6) is -0.975. The summed E-state index contributed by atoms with van der Waals surface area (Å²) in [4.78, 5) is 20.7. The van der Waals surface area contributed by atoms with Crippen LogP contribution in [-0.4, -0.2) is 40.3 Å². The fraction of sp³-hybridized carbons (Fsp3) is 0.227. The molecule has 0 unspecified atom stereocenters. The molecular weight excluding hydrogens is 511 g/mol. The van der Waals surface area contributed by atoms with Crippen LogP contribution in [0, 0.1) is 0 Å². The van der Waals surface area contributed by atoms with Gasteiger partial charge in [-0.2, -0.15) is 39.5 Å². The molecule has 1 heterocycles. The number of halogens is 9. The van der Waals surface area contributed by atoms with Crippen molar-refractivity contribution in [3.63, 3.8) is 0 Å². The van der Waals surface area contributed by atoms with E-state index < -0.39 is 48.1 Å². The van der Waals surface area contributed by atoms with Crippen molar-refractivity contribution < 1.29 is 53.8 Å². The van der Waals surface area contributed by atoms with Gasteiger partial charge in [-0.05, 0) is 0 Å². The molecule has 0 aliphatic rings. The van der Waals surface area contributed by atoms with Gasteiger partial charge in [0.25, 0.3) is 0 Å². The summed E-state index contributed by atoms with van der Waals surface area (Å²) in [6.07, 6.45) is -24.8. The Morgan fingerprint density at radius 3 is 1.86 bits per heavy atom. The lowest BCUT2D eigenvalue weighted by atomic mass is 10.0. The number of hydrogen-bond donors (Lipinski definition) is 0. The van der Waals surface area contributed by atoms with Crippen molar-refractivity contribution in [1.82, 2.24) is 9.97 Å². The Morgan fingerprint density at radius 2 is 1.31 bits per heavy atom. The Balaban J connectivity index is 1.94. The van der Waals surface area contributed by atoms with Gasteiger partial charge in [0, 0.05) is 17.3 Å². The Morgan fingerprint density at radius 1 is 0.750 bits per heavy atom. The van der Waals surface area contributed by atoms with Crippen LogP contribution in [0.3, 0.4) is 0 Å². The van der Waals surface area contributed by atoms with Crippen molar-refractivity contribution in [3.05, 3.63) is 83.7 Å². The van der Waals surface area contributed by atoms with Crippen molar-refractivity contribution in [2.24, 2.45) is 0 Å². The van der Waals surface area contributed by atoms with E-state index in [-0.39, 0.29) is 11.4 Å². The predicted octanol–water partition coefficient (Wildman–Crippen LogP) is 6.25. The van der Waals surface area contributed by atoms with Gasteiger partial charge in [-0.25, -0.2) is 14.7 Å². The molecule has 1 aromatic heterocycles. The van der Waals surface area contributed by atoms with Crippen LogP contribution in [0.2, 0.25) is 0 Å². The highest BCUT2D eigenvalue weighted by Gasteiger charge is 2.71. The SMILES string of the molecule is O=C(c1ccccc1)c1cnc(-c2ccccc2)nc1COC(F)(F)C(F)(F)OC(F)(F)C(F)(F)F. The zero-order valence-electron chi connectivity index (χ0n) is 17.6. The highest BCUT2D eigenvalue weighted by Crippen LogP contribution is 2.46. The lowest BCUT2D eigenvalue weighted by Crippen LogP contribution is -2.53. The molecule has 0 aliphatic heterocycles. The number of benzene rings is 2. The quantitative estimate of drug-likeness (QED) is 0.245. The Bertz CT molecular complexity index is 1200. The largest absolute Gasteiger partial charge is 0.483 e. The Labute approximate surface area is 196 Å². The standard InChI is InChI=1S/C22H13F9N2O3/c23-19(24,25)20(26,27)36-22(30,31)21(28,29)35-12-16-15(17(34)13-7-3-1-4-8-13)11-32-18(33-16)14-9-5-2-6-10-14/h1-11H,12H2. The minimum absolute atomic E-state index is 0.0278. The van der Waals surface area contributed by atoms with E-state index in [1.165, 1.54) is 36.4 Å². The van der Waals surface area contributed by atoms with Crippen LogP contribution in [-0.2, 0) is 16.1 Å². The number of aromatic nitrogens is 2. The molecule has 0 fully saturated rings. The first-order valence-corrected chi connectivity index (χ1v) is 9.70. The summed E-state index contributed by atoms with van der Waals surface area (Å²) >= 11 is 0. The van der Waals surface area contributed by atoms with Crippen LogP contribution >= 0.6 is 0 Å². The van der Waals surface area contributed by atoms with Crippen molar-refractivity contribution in [3.8, 4) is 11.4 Å². The lowest BCUT2D eigenvalue weighted by Gasteiger charge is -2.29. The summed E-state index contributed by atoms with van der Waals surface area (Å²) in [7, 11) is 0. The zero-order valence-corrected chi connectivity index (χ0v) is 17.6. The third-order valence-corrected chi connectivity index (χ3v) is 4.50. The monoisotopic (exact) mass is 524 g/mol. The molecule has 0 amide bonds. The van der Waals surface area contributed by atoms with Crippen LogP contribution in [0.1, 0.15) is 21.6 Å². The number of ketones is 1. The molecule has 2 aromatic carbocycles. The van der Waals surface area contributed by atoms with E-state index in [1.54, 1.807) is 24.3 Å². The van der Waals surface area contributed by atoms with E-state index in [4.69, 9.17) is 0 Å². The summed E-state index contributed by atoms with van der Waals surface area (Å²) in [6.45, 7) is -1.61. The predicted molar refractivity (Wildman–Crippen MR) is 104 cm³/mol. The molecule has 0 saturated carbocycles. The first-order chi connectivity index (χ1) is 16.6. The van der Waals surface area contributed by atoms with Crippen LogP contribution in [0.15, 0.2) is 66.9 Å². The van der Waals surface area contributed by atoms with E-state index >= 15 is 0 Å². The molecule has 0 aliphatic carbocycles. The van der Waals surface area contributed by atoms with Gasteiger partial charge in [-0.15, -0.1) is 0 Å². The second-order valence-electron chi connectivity index (χ2n) is 7.05. The molecule has 0 radical (unpaired) electrons. The Kier molecular flexibility index (Phi) is 7.41. The third-order valence-electron chi connectivity index (χ3n) is 4.50. The van der Waals surface area contributed by atoms with Crippen molar-refractivity contribution in [2.45, 2.75) is 31.1 Å². The van der Waals surface area contributed by atoms with Crippen LogP contribution in [0.4, 0.5) is 39.5 Å². The van der Waals surface area contributed by atoms with Gasteiger partial charge in [0.05, 0.1) is 17.9 Å². The first kappa shape index (κ1) is 27.1. The lowest BCUT2D eigenvalue weighted by molar-refractivity contribution is -0.517. The fourth-order valence-electron chi connectivity index (χ4n) is 2.71. The molecule has 36 heavy (non-hydrogen) atoms. The van der Waals surface area contributed by atoms with Gasteiger partial charge in [-0.1, -0.05) is 60.7 Å². The maximum Gasteiger partial charge on any atom is 0.483 e. The first-order valence-electron chi connectivity index (χ1n) is 9.70. The molecule has 192 valence electrons. The molecular formula is C22H13F9N2O3. The van der Waals surface area contributed by atoms with Gasteiger partial charge in [-0.3, -0.25) is 4.79 Å². The number of nitrogens with zero attached hydrogens (tertiary/aromatic N) is 2. The minimum Gasteiger partial charge on any atom is -0.307 e.